The lowest BCUT2D eigenvalue weighted by atomic mass is 10.1. The molecule has 4 heteroatoms. The summed E-state index contributed by atoms with van der Waals surface area (Å²) in [4.78, 5) is 11.5. The number of methoxy groups -OCH3 is 1. The van der Waals surface area contributed by atoms with Gasteiger partial charge in [0.1, 0.15) is 0 Å². The van der Waals surface area contributed by atoms with Crippen LogP contribution in [0, 0.1) is 0 Å². The van der Waals surface area contributed by atoms with Gasteiger partial charge >= 0.3 is 0 Å². The lowest BCUT2D eigenvalue weighted by Gasteiger charge is -2.06. The first-order valence-corrected chi connectivity index (χ1v) is 4.54. The molecule has 1 heterocycles. The first kappa shape index (κ1) is 9.58. The van der Waals surface area contributed by atoms with Crippen molar-refractivity contribution < 1.29 is 9.53 Å². The molecule has 0 aliphatic carbocycles. The van der Waals surface area contributed by atoms with E-state index in [1.807, 2.05) is 24.3 Å². The van der Waals surface area contributed by atoms with Crippen molar-refractivity contribution in [2.24, 2.45) is 0 Å². The minimum atomic E-state index is -0.0713. The fourth-order valence-corrected chi connectivity index (χ4v) is 1.52. The SMILES string of the molecule is COc1nnc2ccccc2c1C(C)=O. The number of ether oxygens (including phenoxy) is 1. The maximum atomic E-state index is 11.5. The number of hydrogen-bond donors (Lipinski definition) is 0. The van der Waals surface area contributed by atoms with Crippen molar-refractivity contribution in [2.75, 3.05) is 7.11 Å². The molecule has 0 spiro atoms. The highest BCUT2D eigenvalue weighted by Gasteiger charge is 2.14. The highest BCUT2D eigenvalue weighted by Crippen LogP contribution is 2.23. The Labute approximate surface area is 86.9 Å². The topological polar surface area (TPSA) is 52.1 Å². The molecule has 2 aromatic rings. The van der Waals surface area contributed by atoms with Crippen molar-refractivity contribution in [1.29, 1.82) is 0 Å². The van der Waals surface area contributed by atoms with Crippen molar-refractivity contribution in [1.82, 2.24) is 10.2 Å². The molecule has 0 aliphatic rings. The van der Waals surface area contributed by atoms with Gasteiger partial charge in [0.25, 0.3) is 0 Å². The van der Waals surface area contributed by atoms with E-state index in [4.69, 9.17) is 4.74 Å². The molecule has 0 radical (unpaired) electrons. The summed E-state index contributed by atoms with van der Waals surface area (Å²) >= 11 is 0. The molecule has 1 aromatic carbocycles. The van der Waals surface area contributed by atoms with Gasteiger partial charge in [0.2, 0.25) is 5.88 Å². The predicted octanol–water partition coefficient (Wildman–Crippen LogP) is 1.84. The van der Waals surface area contributed by atoms with Gasteiger partial charge in [-0.1, -0.05) is 18.2 Å². The van der Waals surface area contributed by atoms with Gasteiger partial charge in [-0.05, 0) is 13.0 Å². The number of hydrogen-bond acceptors (Lipinski definition) is 4. The third-order valence-corrected chi connectivity index (χ3v) is 2.18. The first-order chi connectivity index (χ1) is 7.24. The van der Waals surface area contributed by atoms with Crippen LogP contribution < -0.4 is 4.74 Å². The predicted molar refractivity (Wildman–Crippen MR) is 56.1 cm³/mol. The number of carbonyl (C=O) groups excluding carboxylic acids is 1. The van der Waals surface area contributed by atoms with E-state index in [0.29, 0.717) is 11.1 Å². The average Bonchev–Trinajstić information content (AvgIpc) is 2.27. The lowest BCUT2D eigenvalue weighted by molar-refractivity contribution is 0.101. The number of nitrogens with zero attached hydrogens (tertiary/aromatic N) is 2. The number of aromatic nitrogens is 2. The summed E-state index contributed by atoms with van der Waals surface area (Å²) in [6, 6.07) is 7.36. The summed E-state index contributed by atoms with van der Waals surface area (Å²) < 4.78 is 5.02. The molecular formula is C11H10N2O2. The van der Waals surface area contributed by atoms with Crippen LogP contribution in [0.5, 0.6) is 5.88 Å². The van der Waals surface area contributed by atoms with Crippen LogP contribution in [0.4, 0.5) is 0 Å². The summed E-state index contributed by atoms with van der Waals surface area (Å²) in [5.41, 5.74) is 1.19. The van der Waals surface area contributed by atoms with Crippen LogP contribution >= 0.6 is 0 Å². The van der Waals surface area contributed by atoms with Crippen LogP contribution in [-0.4, -0.2) is 23.1 Å². The van der Waals surface area contributed by atoms with Gasteiger partial charge in [0.15, 0.2) is 5.78 Å². The van der Waals surface area contributed by atoms with Crippen molar-refractivity contribution in [3.8, 4) is 5.88 Å². The highest BCUT2D eigenvalue weighted by molar-refractivity contribution is 6.07. The third-order valence-electron chi connectivity index (χ3n) is 2.18. The van der Waals surface area contributed by atoms with E-state index in [-0.39, 0.29) is 11.7 Å². The largest absolute Gasteiger partial charge is 0.479 e. The van der Waals surface area contributed by atoms with Gasteiger partial charge in [0, 0.05) is 5.39 Å². The van der Waals surface area contributed by atoms with Crippen LogP contribution in [0.25, 0.3) is 10.9 Å². The minimum absolute atomic E-state index is 0.0713. The number of fused-ring (bicyclic) bond motifs is 1. The van der Waals surface area contributed by atoms with Gasteiger partial charge in [-0.3, -0.25) is 4.79 Å². The zero-order valence-corrected chi connectivity index (χ0v) is 8.52. The quantitative estimate of drug-likeness (QED) is 0.697. The molecule has 0 amide bonds. The second-order valence-electron chi connectivity index (χ2n) is 3.16. The summed E-state index contributed by atoms with van der Waals surface area (Å²) in [5, 5.41) is 8.60. The Hall–Kier alpha value is -1.97. The summed E-state index contributed by atoms with van der Waals surface area (Å²) in [5.74, 6) is 0.208. The third kappa shape index (κ3) is 1.54. The number of rotatable bonds is 2. The van der Waals surface area contributed by atoms with Crippen LogP contribution in [0.1, 0.15) is 17.3 Å². The van der Waals surface area contributed by atoms with Gasteiger partial charge in [-0.25, -0.2) is 0 Å². The van der Waals surface area contributed by atoms with E-state index in [1.165, 1.54) is 14.0 Å². The molecule has 0 unspecified atom stereocenters. The molecule has 4 nitrogen and oxygen atoms in total. The molecule has 0 aliphatic heterocycles. The summed E-state index contributed by atoms with van der Waals surface area (Å²) in [7, 11) is 1.48. The van der Waals surface area contributed by atoms with E-state index in [2.05, 4.69) is 10.2 Å². The Morgan fingerprint density at radius 3 is 2.67 bits per heavy atom. The normalized spacial score (nSPS) is 10.3. The number of carbonyl (C=O) groups is 1. The van der Waals surface area contributed by atoms with Crippen LogP contribution in [0.2, 0.25) is 0 Å². The van der Waals surface area contributed by atoms with E-state index >= 15 is 0 Å². The summed E-state index contributed by atoms with van der Waals surface area (Å²) in [6.07, 6.45) is 0. The zero-order valence-electron chi connectivity index (χ0n) is 8.52. The molecule has 76 valence electrons. The van der Waals surface area contributed by atoms with Crippen LogP contribution in [-0.2, 0) is 0 Å². The maximum Gasteiger partial charge on any atom is 0.244 e. The fraction of sp³-hybridized carbons (Fsp3) is 0.182. The second kappa shape index (κ2) is 3.65. The van der Waals surface area contributed by atoms with Crippen molar-refractivity contribution in [3.63, 3.8) is 0 Å². The molecule has 15 heavy (non-hydrogen) atoms. The van der Waals surface area contributed by atoms with E-state index < -0.39 is 0 Å². The van der Waals surface area contributed by atoms with Crippen molar-refractivity contribution >= 4 is 16.7 Å². The highest BCUT2D eigenvalue weighted by atomic mass is 16.5. The summed E-state index contributed by atoms with van der Waals surface area (Å²) in [6.45, 7) is 1.49. The van der Waals surface area contributed by atoms with Gasteiger partial charge < -0.3 is 4.74 Å². The first-order valence-electron chi connectivity index (χ1n) is 4.54. The Balaban J connectivity index is 2.85. The Bertz CT molecular complexity index is 523. The van der Waals surface area contributed by atoms with Crippen LogP contribution in [0.3, 0.4) is 0 Å². The molecule has 0 bridgehead atoms. The van der Waals surface area contributed by atoms with Gasteiger partial charge in [-0.2, -0.15) is 0 Å². The molecule has 0 saturated carbocycles. The minimum Gasteiger partial charge on any atom is -0.479 e. The van der Waals surface area contributed by atoms with Crippen LogP contribution in [0.15, 0.2) is 24.3 Å². The Morgan fingerprint density at radius 2 is 2.00 bits per heavy atom. The smallest absolute Gasteiger partial charge is 0.244 e. The average molecular weight is 202 g/mol. The fourth-order valence-electron chi connectivity index (χ4n) is 1.52. The van der Waals surface area contributed by atoms with E-state index in [1.54, 1.807) is 0 Å². The molecule has 2 rings (SSSR count). The molecule has 0 saturated heterocycles. The Kier molecular flexibility index (Phi) is 2.33. The Morgan fingerprint density at radius 1 is 1.27 bits per heavy atom. The maximum absolute atomic E-state index is 11.5. The van der Waals surface area contributed by atoms with Crippen molar-refractivity contribution in [2.45, 2.75) is 6.92 Å². The monoisotopic (exact) mass is 202 g/mol. The molecule has 1 aromatic heterocycles. The number of Topliss-reactive ketones (excluding diaryl/α,β-unsaturated/α-hetero) is 1. The lowest BCUT2D eigenvalue weighted by Crippen LogP contribution is -2.02. The molecular weight excluding hydrogens is 192 g/mol. The molecule has 0 N–H and O–H groups in total. The standard InChI is InChI=1S/C11H10N2O2/c1-7(14)10-8-5-3-4-6-9(8)12-13-11(10)15-2/h3-6H,1-2H3. The molecule has 0 fully saturated rings. The van der Waals surface area contributed by atoms with E-state index in [0.717, 1.165) is 5.39 Å². The molecule has 0 atom stereocenters. The van der Waals surface area contributed by atoms with Crippen molar-refractivity contribution in [3.05, 3.63) is 29.8 Å². The number of benzene rings is 1. The zero-order chi connectivity index (χ0) is 10.8. The van der Waals surface area contributed by atoms with Gasteiger partial charge in [-0.15, -0.1) is 10.2 Å². The second-order valence-corrected chi connectivity index (χ2v) is 3.16. The van der Waals surface area contributed by atoms with E-state index in [9.17, 15) is 4.79 Å². The number of ketones is 1. The van der Waals surface area contributed by atoms with Gasteiger partial charge in [0.05, 0.1) is 18.2 Å².